The highest BCUT2D eigenvalue weighted by atomic mass is 32.2. The second kappa shape index (κ2) is 5.12. The average molecular weight is 282 g/mol. The molecule has 1 atom stereocenters. The number of hydrogen-bond acceptors (Lipinski definition) is 4. The molecule has 2 rings (SSSR count). The molecule has 0 bridgehead atoms. The Morgan fingerprint density at radius 3 is 2.63 bits per heavy atom. The number of nitrogens with zero attached hydrogens (tertiary/aromatic N) is 1. The van der Waals surface area contributed by atoms with E-state index in [2.05, 4.69) is 24.1 Å². The van der Waals surface area contributed by atoms with Crippen LogP contribution in [0.1, 0.15) is 39.5 Å². The Kier molecular flexibility index (Phi) is 3.85. The molecule has 1 heterocycles. The van der Waals surface area contributed by atoms with Crippen molar-refractivity contribution in [2.45, 2.75) is 50.6 Å². The fourth-order valence-corrected chi connectivity index (χ4v) is 3.30. The fraction of sp³-hybridized carbons (Fsp3) is 0.643. The SMILES string of the molecule is CC1(C)CCCC(Nc2ccc(S(C)(=O)=O)nc2)C1. The summed E-state index contributed by atoms with van der Waals surface area (Å²) in [4.78, 5) is 4.00. The lowest BCUT2D eigenvalue weighted by Crippen LogP contribution is -2.31. The van der Waals surface area contributed by atoms with E-state index in [-0.39, 0.29) is 5.03 Å². The molecule has 4 nitrogen and oxygen atoms in total. The Labute approximate surface area is 115 Å². The van der Waals surface area contributed by atoms with Crippen molar-refractivity contribution < 1.29 is 8.42 Å². The zero-order valence-corrected chi connectivity index (χ0v) is 12.6. The quantitative estimate of drug-likeness (QED) is 0.926. The molecule has 0 aromatic carbocycles. The van der Waals surface area contributed by atoms with Crippen molar-refractivity contribution in [1.29, 1.82) is 0 Å². The molecule has 0 amide bonds. The summed E-state index contributed by atoms with van der Waals surface area (Å²) in [6, 6.07) is 3.81. The van der Waals surface area contributed by atoms with Crippen LogP contribution in [0, 0.1) is 5.41 Å². The second-order valence-corrected chi connectivity index (χ2v) is 8.22. The van der Waals surface area contributed by atoms with E-state index in [1.54, 1.807) is 18.3 Å². The standard InChI is InChI=1S/C14H22N2O2S/c1-14(2)8-4-5-11(9-14)16-12-6-7-13(15-10-12)19(3,17)18/h6-7,10-11,16H,4-5,8-9H2,1-3H3. The van der Waals surface area contributed by atoms with Gasteiger partial charge in [0.05, 0.1) is 11.9 Å². The third kappa shape index (κ3) is 3.93. The predicted molar refractivity (Wildman–Crippen MR) is 77.0 cm³/mol. The molecular formula is C14H22N2O2S. The van der Waals surface area contributed by atoms with Crippen molar-refractivity contribution in [2.75, 3.05) is 11.6 Å². The van der Waals surface area contributed by atoms with Gasteiger partial charge in [0.25, 0.3) is 0 Å². The molecule has 1 N–H and O–H groups in total. The first-order chi connectivity index (χ1) is 8.76. The van der Waals surface area contributed by atoms with Gasteiger partial charge in [0.2, 0.25) is 0 Å². The molecule has 0 radical (unpaired) electrons. The first kappa shape index (κ1) is 14.3. The fourth-order valence-electron chi connectivity index (χ4n) is 2.74. The Bertz CT molecular complexity index is 535. The first-order valence-electron chi connectivity index (χ1n) is 6.69. The van der Waals surface area contributed by atoms with Crippen molar-refractivity contribution in [3.63, 3.8) is 0 Å². The first-order valence-corrected chi connectivity index (χ1v) is 8.58. The summed E-state index contributed by atoms with van der Waals surface area (Å²) in [6.45, 7) is 4.59. The molecule has 1 aromatic heterocycles. The number of anilines is 1. The van der Waals surface area contributed by atoms with Gasteiger partial charge in [0.1, 0.15) is 0 Å². The minimum absolute atomic E-state index is 0.127. The van der Waals surface area contributed by atoms with Gasteiger partial charge in [-0.25, -0.2) is 13.4 Å². The van der Waals surface area contributed by atoms with Crippen LogP contribution < -0.4 is 5.32 Å². The number of pyridine rings is 1. The topological polar surface area (TPSA) is 59.1 Å². The van der Waals surface area contributed by atoms with Crippen molar-refractivity contribution >= 4 is 15.5 Å². The maximum absolute atomic E-state index is 11.3. The van der Waals surface area contributed by atoms with E-state index in [1.807, 2.05) is 0 Å². The van der Waals surface area contributed by atoms with Crippen LogP contribution in [0.2, 0.25) is 0 Å². The number of nitrogens with one attached hydrogen (secondary N) is 1. The van der Waals surface area contributed by atoms with Crippen LogP contribution in [0.3, 0.4) is 0 Å². The number of sulfone groups is 1. The molecule has 19 heavy (non-hydrogen) atoms. The largest absolute Gasteiger partial charge is 0.381 e. The van der Waals surface area contributed by atoms with E-state index in [9.17, 15) is 8.42 Å². The lowest BCUT2D eigenvalue weighted by Gasteiger charge is -2.36. The van der Waals surface area contributed by atoms with Crippen molar-refractivity contribution in [3.8, 4) is 0 Å². The van der Waals surface area contributed by atoms with E-state index in [0.717, 1.165) is 18.5 Å². The molecule has 1 aliphatic rings. The highest BCUT2D eigenvalue weighted by Gasteiger charge is 2.27. The normalized spacial score (nSPS) is 23.0. The van der Waals surface area contributed by atoms with Gasteiger partial charge in [0.15, 0.2) is 14.9 Å². The summed E-state index contributed by atoms with van der Waals surface area (Å²) < 4.78 is 22.7. The van der Waals surface area contributed by atoms with E-state index in [4.69, 9.17) is 0 Å². The van der Waals surface area contributed by atoms with Crippen LogP contribution in [-0.4, -0.2) is 25.7 Å². The van der Waals surface area contributed by atoms with Gasteiger partial charge in [-0.3, -0.25) is 0 Å². The average Bonchev–Trinajstić information content (AvgIpc) is 2.27. The van der Waals surface area contributed by atoms with E-state index in [1.165, 1.54) is 19.1 Å². The van der Waals surface area contributed by atoms with Crippen LogP contribution in [0.25, 0.3) is 0 Å². The lowest BCUT2D eigenvalue weighted by molar-refractivity contribution is 0.229. The summed E-state index contributed by atoms with van der Waals surface area (Å²) in [6.07, 6.45) is 7.60. The van der Waals surface area contributed by atoms with E-state index in [0.29, 0.717) is 11.5 Å². The van der Waals surface area contributed by atoms with E-state index < -0.39 is 9.84 Å². The maximum Gasteiger partial charge on any atom is 0.192 e. The van der Waals surface area contributed by atoms with Gasteiger partial charge in [-0.2, -0.15) is 0 Å². The highest BCUT2D eigenvalue weighted by Crippen LogP contribution is 2.36. The zero-order valence-electron chi connectivity index (χ0n) is 11.8. The molecule has 0 aliphatic heterocycles. The molecule has 1 fully saturated rings. The third-order valence-corrected chi connectivity index (χ3v) is 4.69. The minimum Gasteiger partial charge on any atom is -0.381 e. The summed E-state index contributed by atoms with van der Waals surface area (Å²) in [5, 5.41) is 3.58. The molecule has 106 valence electrons. The van der Waals surface area contributed by atoms with Gasteiger partial charge in [-0.1, -0.05) is 20.3 Å². The van der Waals surface area contributed by atoms with Crippen LogP contribution in [0.4, 0.5) is 5.69 Å². The van der Waals surface area contributed by atoms with Gasteiger partial charge in [-0.05, 0) is 36.8 Å². The number of hydrogen-bond donors (Lipinski definition) is 1. The molecule has 0 saturated heterocycles. The third-order valence-electron chi connectivity index (χ3n) is 3.69. The molecule has 1 aliphatic carbocycles. The van der Waals surface area contributed by atoms with Crippen LogP contribution >= 0.6 is 0 Å². The number of rotatable bonds is 3. The van der Waals surface area contributed by atoms with Gasteiger partial charge >= 0.3 is 0 Å². The smallest absolute Gasteiger partial charge is 0.192 e. The molecule has 5 heteroatoms. The lowest BCUT2D eigenvalue weighted by atomic mass is 9.75. The Morgan fingerprint density at radius 2 is 2.11 bits per heavy atom. The van der Waals surface area contributed by atoms with E-state index >= 15 is 0 Å². The molecule has 1 saturated carbocycles. The molecule has 0 spiro atoms. The zero-order chi connectivity index (χ0) is 14.1. The van der Waals surface area contributed by atoms with Crippen molar-refractivity contribution in [1.82, 2.24) is 4.98 Å². The summed E-state index contributed by atoms with van der Waals surface area (Å²) >= 11 is 0. The van der Waals surface area contributed by atoms with Gasteiger partial charge < -0.3 is 5.32 Å². The Balaban J connectivity index is 2.04. The van der Waals surface area contributed by atoms with Crippen molar-refractivity contribution in [3.05, 3.63) is 18.3 Å². The Morgan fingerprint density at radius 1 is 1.37 bits per heavy atom. The minimum atomic E-state index is -3.21. The summed E-state index contributed by atoms with van der Waals surface area (Å²) in [5.74, 6) is 0. The van der Waals surface area contributed by atoms with Crippen LogP contribution in [0.5, 0.6) is 0 Å². The van der Waals surface area contributed by atoms with Gasteiger partial charge in [0, 0.05) is 12.3 Å². The predicted octanol–water partition coefficient (Wildman–Crippen LogP) is 2.87. The summed E-state index contributed by atoms with van der Waals surface area (Å²) in [5.41, 5.74) is 1.28. The van der Waals surface area contributed by atoms with Crippen molar-refractivity contribution in [2.24, 2.45) is 5.41 Å². The molecule has 1 unspecified atom stereocenters. The number of aromatic nitrogens is 1. The maximum atomic E-state index is 11.3. The Hall–Kier alpha value is -1.10. The second-order valence-electron chi connectivity index (χ2n) is 6.26. The molecule has 1 aromatic rings. The molecular weight excluding hydrogens is 260 g/mol. The monoisotopic (exact) mass is 282 g/mol. The van der Waals surface area contributed by atoms with Crippen LogP contribution in [-0.2, 0) is 9.84 Å². The highest BCUT2D eigenvalue weighted by molar-refractivity contribution is 7.90. The van der Waals surface area contributed by atoms with Gasteiger partial charge in [-0.15, -0.1) is 0 Å². The van der Waals surface area contributed by atoms with Crippen LogP contribution in [0.15, 0.2) is 23.4 Å². The summed E-state index contributed by atoms with van der Waals surface area (Å²) in [7, 11) is -3.21.